The van der Waals surface area contributed by atoms with Gasteiger partial charge in [-0.1, -0.05) is 0 Å². The van der Waals surface area contributed by atoms with Gasteiger partial charge in [-0.25, -0.2) is 9.36 Å². The third-order valence-corrected chi connectivity index (χ3v) is 2.73. The minimum atomic E-state index is 0.594. The summed E-state index contributed by atoms with van der Waals surface area (Å²) in [6.07, 6.45) is 0. The van der Waals surface area contributed by atoms with Gasteiger partial charge >= 0.3 is 0 Å². The lowest BCUT2D eigenvalue weighted by molar-refractivity contribution is 0.793. The zero-order chi connectivity index (χ0) is 11.9. The highest BCUT2D eigenvalue weighted by atomic mass is 32.1. The summed E-state index contributed by atoms with van der Waals surface area (Å²) in [7, 11) is 0. The summed E-state index contributed by atoms with van der Waals surface area (Å²) >= 11 is 5.39. The number of nitrogens with zero attached hydrogens (tertiary/aromatic N) is 4. The van der Waals surface area contributed by atoms with Gasteiger partial charge in [0.2, 0.25) is 5.11 Å². The van der Waals surface area contributed by atoms with Crippen molar-refractivity contribution in [3.05, 3.63) is 34.9 Å². The smallest absolute Gasteiger partial charge is 0.210 e. The lowest BCUT2D eigenvalue weighted by Crippen LogP contribution is -2.23. The zero-order valence-corrected chi connectivity index (χ0v) is 10.7. The second-order valence-corrected chi connectivity index (χ2v) is 4.33. The molecular formula is C11H14N4S. The summed E-state index contributed by atoms with van der Waals surface area (Å²) in [4.78, 5) is 0. The van der Waals surface area contributed by atoms with E-state index in [9.17, 15) is 0 Å². The number of aryl methyl sites for hydroxylation is 4. The van der Waals surface area contributed by atoms with E-state index in [1.165, 1.54) is 0 Å². The van der Waals surface area contributed by atoms with Crippen LogP contribution in [0, 0.1) is 27.7 Å². The summed E-state index contributed by atoms with van der Waals surface area (Å²) in [6, 6.07) is 4.00. The quantitative estimate of drug-likeness (QED) is 0.654. The molecule has 0 aromatic carbocycles. The van der Waals surface area contributed by atoms with Crippen LogP contribution in [0.15, 0.2) is 12.1 Å². The van der Waals surface area contributed by atoms with Crippen molar-refractivity contribution in [2.75, 3.05) is 0 Å². The van der Waals surface area contributed by atoms with Gasteiger partial charge in [0.1, 0.15) is 0 Å². The Morgan fingerprint density at radius 3 is 1.56 bits per heavy atom. The maximum Gasteiger partial charge on any atom is 0.222 e. The first-order chi connectivity index (χ1) is 7.49. The molecule has 0 radical (unpaired) electrons. The van der Waals surface area contributed by atoms with Crippen LogP contribution in [-0.4, -0.2) is 24.7 Å². The molecule has 0 amide bonds. The van der Waals surface area contributed by atoms with Gasteiger partial charge in [-0.3, -0.25) is 0 Å². The molecule has 0 aliphatic carbocycles. The molecule has 2 aromatic rings. The van der Waals surface area contributed by atoms with Crippen LogP contribution in [0.1, 0.15) is 22.8 Å². The molecule has 4 nitrogen and oxygen atoms in total. The molecule has 0 aliphatic rings. The minimum Gasteiger partial charge on any atom is -0.210 e. The predicted molar refractivity (Wildman–Crippen MR) is 66.8 cm³/mol. The van der Waals surface area contributed by atoms with Crippen LogP contribution in [0.5, 0.6) is 0 Å². The lowest BCUT2D eigenvalue weighted by Gasteiger charge is -2.07. The van der Waals surface area contributed by atoms with E-state index in [1.807, 2.05) is 39.8 Å². The Balaban J connectivity index is 2.46. The topological polar surface area (TPSA) is 35.6 Å². The Bertz CT molecular complexity index is 502. The molecule has 2 rings (SSSR count). The molecule has 2 aromatic heterocycles. The Hall–Kier alpha value is -1.49. The van der Waals surface area contributed by atoms with Crippen molar-refractivity contribution in [1.29, 1.82) is 0 Å². The first-order valence-corrected chi connectivity index (χ1v) is 5.51. The van der Waals surface area contributed by atoms with Crippen LogP contribution in [0.25, 0.3) is 0 Å². The van der Waals surface area contributed by atoms with Crippen LogP contribution in [0.4, 0.5) is 0 Å². The van der Waals surface area contributed by atoms with Gasteiger partial charge in [-0.15, -0.1) is 0 Å². The average Bonchev–Trinajstić information content (AvgIpc) is 2.68. The minimum absolute atomic E-state index is 0.594. The second kappa shape index (κ2) is 3.83. The number of rotatable bonds is 0. The Kier molecular flexibility index (Phi) is 2.63. The van der Waals surface area contributed by atoms with E-state index in [1.54, 1.807) is 9.36 Å². The molecule has 84 valence electrons. The van der Waals surface area contributed by atoms with E-state index in [4.69, 9.17) is 12.2 Å². The van der Waals surface area contributed by atoms with Crippen molar-refractivity contribution >= 4 is 17.3 Å². The van der Waals surface area contributed by atoms with Crippen LogP contribution in [0.2, 0.25) is 0 Å². The second-order valence-electron chi connectivity index (χ2n) is 3.96. The van der Waals surface area contributed by atoms with Crippen molar-refractivity contribution in [3.8, 4) is 0 Å². The summed E-state index contributed by atoms with van der Waals surface area (Å²) in [5, 5.41) is 9.30. The number of thiocarbonyl (C=S) groups is 1. The van der Waals surface area contributed by atoms with Gasteiger partial charge in [0.15, 0.2) is 0 Å². The molecule has 5 heteroatoms. The molecular weight excluding hydrogens is 220 g/mol. The summed E-state index contributed by atoms with van der Waals surface area (Å²) in [5.41, 5.74) is 3.97. The van der Waals surface area contributed by atoms with E-state index in [-0.39, 0.29) is 0 Å². The van der Waals surface area contributed by atoms with Gasteiger partial charge < -0.3 is 0 Å². The molecule has 16 heavy (non-hydrogen) atoms. The number of hydrogen-bond donors (Lipinski definition) is 0. The third-order valence-electron chi connectivity index (χ3n) is 2.38. The molecule has 0 aliphatic heterocycles. The van der Waals surface area contributed by atoms with E-state index in [0.717, 1.165) is 22.8 Å². The molecule has 0 bridgehead atoms. The molecule has 0 spiro atoms. The molecule has 0 N–H and O–H groups in total. The van der Waals surface area contributed by atoms with Crippen molar-refractivity contribution < 1.29 is 0 Å². The van der Waals surface area contributed by atoms with Crippen molar-refractivity contribution in [1.82, 2.24) is 19.6 Å². The first-order valence-electron chi connectivity index (χ1n) is 5.10. The van der Waals surface area contributed by atoms with Crippen LogP contribution < -0.4 is 0 Å². The predicted octanol–water partition coefficient (Wildman–Crippen LogP) is 1.99. The van der Waals surface area contributed by atoms with Gasteiger partial charge in [0, 0.05) is 11.4 Å². The standard InChI is InChI=1S/C11H14N4S/c1-7-5-9(3)14(12-7)11(16)15-10(4)6-8(2)13-15/h5-6H,1-4H3. The highest BCUT2D eigenvalue weighted by Gasteiger charge is 2.11. The monoisotopic (exact) mass is 234 g/mol. The fourth-order valence-electron chi connectivity index (χ4n) is 1.73. The summed E-state index contributed by atoms with van der Waals surface area (Å²) in [6.45, 7) is 7.87. The number of aromatic nitrogens is 4. The van der Waals surface area contributed by atoms with Gasteiger partial charge in [0.25, 0.3) is 0 Å². The normalized spacial score (nSPS) is 10.8. The highest BCUT2D eigenvalue weighted by molar-refractivity contribution is 7.80. The van der Waals surface area contributed by atoms with Gasteiger partial charge in [-0.05, 0) is 52.0 Å². The van der Waals surface area contributed by atoms with E-state index in [0.29, 0.717) is 5.11 Å². The maximum atomic E-state index is 5.39. The zero-order valence-electron chi connectivity index (χ0n) is 9.85. The third kappa shape index (κ3) is 1.78. The maximum absolute atomic E-state index is 5.39. The molecule has 0 saturated carbocycles. The molecule has 0 fully saturated rings. The molecule has 0 unspecified atom stereocenters. The Labute approximate surface area is 99.9 Å². The molecule has 0 saturated heterocycles. The fraction of sp³-hybridized carbons (Fsp3) is 0.364. The summed E-state index contributed by atoms with van der Waals surface area (Å²) < 4.78 is 3.48. The van der Waals surface area contributed by atoms with Crippen molar-refractivity contribution in [3.63, 3.8) is 0 Å². The van der Waals surface area contributed by atoms with Crippen molar-refractivity contribution in [2.24, 2.45) is 0 Å². The van der Waals surface area contributed by atoms with Crippen LogP contribution in [-0.2, 0) is 0 Å². The van der Waals surface area contributed by atoms with Crippen LogP contribution in [0.3, 0.4) is 0 Å². The fourth-order valence-corrected chi connectivity index (χ4v) is 2.10. The largest absolute Gasteiger partial charge is 0.222 e. The van der Waals surface area contributed by atoms with E-state index < -0.39 is 0 Å². The summed E-state index contributed by atoms with van der Waals surface area (Å²) in [5.74, 6) is 0. The highest BCUT2D eigenvalue weighted by Crippen LogP contribution is 2.07. The Morgan fingerprint density at radius 1 is 0.938 bits per heavy atom. The van der Waals surface area contributed by atoms with Gasteiger partial charge in [-0.2, -0.15) is 10.2 Å². The first kappa shape index (κ1) is 11.0. The average molecular weight is 234 g/mol. The Morgan fingerprint density at radius 2 is 1.31 bits per heavy atom. The van der Waals surface area contributed by atoms with E-state index >= 15 is 0 Å². The van der Waals surface area contributed by atoms with E-state index in [2.05, 4.69) is 10.2 Å². The molecule has 2 heterocycles. The SMILES string of the molecule is Cc1cc(C)n(C(=S)n2nc(C)cc2C)n1. The van der Waals surface area contributed by atoms with Gasteiger partial charge in [0.05, 0.1) is 11.4 Å². The van der Waals surface area contributed by atoms with Crippen molar-refractivity contribution in [2.45, 2.75) is 27.7 Å². The lowest BCUT2D eigenvalue weighted by atomic mass is 10.4. The molecule has 0 atom stereocenters. The van der Waals surface area contributed by atoms with Crippen LogP contribution >= 0.6 is 12.2 Å². The number of hydrogen-bond acceptors (Lipinski definition) is 3.